The number of hydrogen-bond donors (Lipinski definition) is 2. The quantitative estimate of drug-likeness (QED) is 0.764. The Balaban J connectivity index is 2.42. The number of ether oxygens (including phenoxy) is 1. The van der Waals surface area contributed by atoms with E-state index in [4.69, 9.17) is 10.5 Å². The summed E-state index contributed by atoms with van der Waals surface area (Å²) in [5, 5.41) is 2.82. The molecule has 1 aromatic rings. The van der Waals surface area contributed by atoms with Crippen molar-refractivity contribution >= 4 is 5.91 Å². The van der Waals surface area contributed by atoms with Gasteiger partial charge in [-0.25, -0.2) is 4.98 Å². The molecule has 0 saturated heterocycles. The highest BCUT2D eigenvalue weighted by molar-refractivity contribution is 5.76. The Morgan fingerprint density at radius 1 is 1.61 bits per heavy atom. The molecule has 5 heteroatoms. The van der Waals surface area contributed by atoms with Gasteiger partial charge in [0, 0.05) is 30.8 Å². The Kier molecular flexibility index (Phi) is 6.14. The Morgan fingerprint density at radius 3 is 3.06 bits per heavy atom. The van der Waals surface area contributed by atoms with Crippen LogP contribution in [0.1, 0.15) is 31.7 Å². The lowest BCUT2D eigenvalue weighted by atomic mass is 10.1. The first-order valence-corrected chi connectivity index (χ1v) is 6.17. The van der Waals surface area contributed by atoms with Crippen LogP contribution in [-0.2, 0) is 11.3 Å². The van der Waals surface area contributed by atoms with E-state index in [9.17, 15) is 4.79 Å². The highest BCUT2D eigenvalue weighted by Gasteiger charge is 2.09. The predicted molar refractivity (Wildman–Crippen MR) is 70.1 cm³/mol. The van der Waals surface area contributed by atoms with Crippen molar-refractivity contribution in [1.29, 1.82) is 0 Å². The van der Waals surface area contributed by atoms with Gasteiger partial charge in [-0.15, -0.1) is 0 Å². The lowest BCUT2D eigenvalue weighted by Crippen LogP contribution is -2.31. The molecule has 0 aromatic carbocycles. The third-order valence-electron chi connectivity index (χ3n) is 2.63. The maximum atomic E-state index is 11.6. The van der Waals surface area contributed by atoms with Crippen molar-refractivity contribution in [1.82, 2.24) is 10.3 Å². The zero-order chi connectivity index (χ0) is 13.4. The zero-order valence-corrected chi connectivity index (χ0v) is 11.0. The maximum absolute atomic E-state index is 11.6. The first-order valence-electron chi connectivity index (χ1n) is 6.17. The Bertz CT molecular complexity index is 382. The van der Waals surface area contributed by atoms with Crippen molar-refractivity contribution in [2.45, 2.75) is 38.8 Å². The fourth-order valence-electron chi connectivity index (χ4n) is 1.72. The van der Waals surface area contributed by atoms with E-state index in [0.29, 0.717) is 18.8 Å². The summed E-state index contributed by atoms with van der Waals surface area (Å²) < 4.78 is 5.11. The molecule has 1 rings (SSSR count). The molecular weight excluding hydrogens is 230 g/mol. The number of amides is 1. The second kappa shape index (κ2) is 7.66. The lowest BCUT2D eigenvalue weighted by Gasteiger charge is -2.11. The van der Waals surface area contributed by atoms with Crippen molar-refractivity contribution in [3.63, 3.8) is 0 Å². The number of nitrogens with one attached hydrogen (secondary N) is 1. The highest BCUT2D eigenvalue weighted by atomic mass is 16.5. The summed E-state index contributed by atoms with van der Waals surface area (Å²) in [7, 11) is 1.56. The van der Waals surface area contributed by atoms with E-state index in [1.54, 1.807) is 13.3 Å². The molecule has 5 nitrogen and oxygen atoms in total. The van der Waals surface area contributed by atoms with Crippen LogP contribution in [0, 0.1) is 0 Å². The van der Waals surface area contributed by atoms with E-state index in [2.05, 4.69) is 17.2 Å². The van der Waals surface area contributed by atoms with Crippen molar-refractivity contribution < 1.29 is 9.53 Å². The summed E-state index contributed by atoms with van der Waals surface area (Å²) >= 11 is 0. The van der Waals surface area contributed by atoms with Gasteiger partial charge in [-0.05, 0) is 12.5 Å². The van der Waals surface area contributed by atoms with Crippen molar-refractivity contribution in [3.05, 3.63) is 23.9 Å². The average Bonchev–Trinajstić information content (AvgIpc) is 2.37. The summed E-state index contributed by atoms with van der Waals surface area (Å²) in [5.74, 6) is 0.498. The zero-order valence-electron chi connectivity index (χ0n) is 11.0. The Morgan fingerprint density at radius 2 is 2.39 bits per heavy atom. The van der Waals surface area contributed by atoms with Gasteiger partial charge in [-0.2, -0.15) is 0 Å². The van der Waals surface area contributed by atoms with E-state index >= 15 is 0 Å². The van der Waals surface area contributed by atoms with Crippen molar-refractivity contribution in [2.75, 3.05) is 7.11 Å². The topological polar surface area (TPSA) is 77.2 Å². The third-order valence-corrected chi connectivity index (χ3v) is 2.63. The van der Waals surface area contributed by atoms with Crippen molar-refractivity contribution in [2.24, 2.45) is 5.73 Å². The predicted octanol–water partition coefficient (Wildman–Crippen LogP) is 1.22. The Labute approximate surface area is 108 Å². The first kappa shape index (κ1) is 14.4. The lowest BCUT2D eigenvalue weighted by molar-refractivity contribution is -0.121. The van der Waals surface area contributed by atoms with Crippen LogP contribution >= 0.6 is 0 Å². The number of carbonyl (C=O) groups is 1. The van der Waals surface area contributed by atoms with Crippen LogP contribution in [0.5, 0.6) is 5.88 Å². The van der Waals surface area contributed by atoms with E-state index < -0.39 is 0 Å². The van der Waals surface area contributed by atoms with Gasteiger partial charge in [0.05, 0.1) is 7.11 Å². The minimum Gasteiger partial charge on any atom is -0.481 e. The molecule has 0 fully saturated rings. The number of nitrogens with zero attached hydrogens (tertiary/aromatic N) is 1. The molecule has 0 aliphatic heterocycles. The molecule has 1 aromatic heterocycles. The number of carbonyl (C=O) groups excluding carboxylic acids is 1. The molecule has 0 bridgehead atoms. The molecule has 0 aliphatic rings. The molecule has 18 heavy (non-hydrogen) atoms. The summed E-state index contributed by atoms with van der Waals surface area (Å²) in [5.41, 5.74) is 6.67. The third kappa shape index (κ3) is 4.71. The Hall–Kier alpha value is -1.62. The molecule has 1 atom stereocenters. The standard InChI is InChI=1S/C13H21N3O2/c1-3-5-11(14)8-12(17)16-9-10-6-4-7-15-13(10)18-2/h4,6-7,11H,3,5,8-9,14H2,1-2H3,(H,16,17). The number of pyridine rings is 1. The smallest absolute Gasteiger partial charge is 0.221 e. The van der Waals surface area contributed by atoms with E-state index in [-0.39, 0.29) is 11.9 Å². The van der Waals surface area contributed by atoms with Gasteiger partial charge in [0.25, 0.3) is 0 Å². The summed E-state index contributed by atoms with van der Waals surface area (Å²) in [6.45, 7) is 2.47. The van der Waals surface area contributed by atoms with Gasteiger partial charge in [-0.1, -0.05) is 19.4 Å². The maximum Gasteiger partial charge on any atom is 0.221 e. The van der Waals surface area contributed by atoms with Crippen molar-refractivity contribution in [3.8, 4) is 5.88 Å². The fourth-order valence-corrected chi connectivity index (χ4v) is 1.72. The molecule has 0 spiro atoms. The molecule has 0 saturated carbocycles. The second-order valence-corrected chi connectivity index (χ2v) is 4.20. The van der Waals surface area contributed by atoms with Crippen LogP contribution in [0.3, 0.4) is 0 Å². The minimum atomic E-state index is -0.0641. The van der Waals surface area contributed by atoms with Gasteiger partial charge in [0.15, 0.2) is 0 Å². The SMILES string of the molecule is CCCC(N)CC(=O)NCc1cccnc1OC. The van der Waals surface area contributed by atoms with E-state index in [1.807, 2.05) is 12.1 Å². The number of methoxy groups -OCH3 is 1. The summed E-state index contributed by atoms with van der Waals surface area (Å²) in [4.78, 5) is 15.7. The highest BCUT2D eigenvalue weighted by Crippen LogP contribution is 2.12. The summed E-state index contributed by atoms with van der Waals surface area (Å²) in [6, 6.07) is 3.62. The molecule has 0 radical (unpaired) electrons. The second-order valence-electron chi connectivity index (χ2n) is 4.20. The van der Waals surface area contributed by atoms with Gasteiger partial charge in [0.1, 0.15) is 0 Å². The number of aromatic nitrogens is 1. The van der Waals surface area contributed by atoms with Gasteiger partial charge >= 0.3 is 0 Å². The fraction of sp³-hybridized carbons (Fsp3) is 0.538. The number of hydrogen-bond acceptors (Lipinski definition) is 4. The molecular formula is C13H21N3O2. The van der Waals surface area contributed by atoms with Gasteiger partial charge in [-0.3, -0.25) is 4.79 Å². The molecule has 3 N–H and O–H groups in total. The molecule has 100 valence electrons. The number of nitrogens with two attached hydrogens (primary N) is 1. The normalized spacial score (nSPS) is 11.9. The minimum absolute atomic E-state index is 0.0399. The van der Waals surface area contributed by atoms with Crippen LogP contribution < -0.4 is 15.8 Å². The van der Waals surface area contributed by atoms with Crippen LogP contribution in [0.25, 0.3) is 0 Å². The first-order chi connectivity index (χ1) is 8.67. The van der Waals surface area contributed by atoms with Crippen LogP contribution in [0.15, 0.2) is 18.3 Å². The molecule has 1 amide bonds. The largest absolute Gasteiger partial charge is 0.481 e. The average molecular weight is 251 g/mol. The van der Waals surface area contributed by atoms with Gasteiger partial charge in [0.2, 0.25) is 11.8 Å². The van der Waals surface area contributed by atoms with Gasteiger partial charge < -0.3 is 15.8 Å². The molecule has 1 heterocycles. The monoisotopic (exact) mass is 251 g/mol. The number of rotatable bonds is 7. The molecule has 0 aliphatic carbocycles. The summed E-state index contributed by atoms with van der Waals surface area (Å²) in [6.07, 6.45) is 3.87. The van der Waals surface area contributed by atoms with Crippen LogP contribution in [0.2, 0.25) is 0 Å². The van der Waals surface area contributed by atoms with Crippen LogP contribution in [0.4, 0.5) is 0 Å². The van der Waals surface area contributed by atoms with E-state index in [1.165, 1.54) is 0 Å². The van der Waals surface area contributed by atoms with E-state index in [0.717, 1.165) is 18.4 Å². The van der Waals surface area contributed by atoms with Crippen LogP contribution in [-0.4, -0.2) is 24.0 Å². The molecule has 1 unspecified atom stereocenters.